The molecule has 6 nitrogen and oxygen atoms in total. The average molecular weight is 402 g/mol. The minimum absolute atomic E-state index is 0.183. The van der Waals surface area contributed by atoms with Gasteiger partial charge in [0.05, 0.1) is 0 Å². The molecular formula is C21H28ClN5O. The first-order chi connectivity index (χ1) is 13.5. The highest BCUT2D eigenvalue weighted by molar-refractivity contribution is 6.29. The summed E-state index contributed by atoms with van der Waals surface area (Å²) >= 11 is 6.00. The maximum Gasteiger partial charge on any atom is 0.270 e. The normalized spacial score (nSPS) is 18.1. The number of carbonyl (C=O) groups is 1. The van der Waals surface area contributed by atoms with Gasteiger partial charge >= 0.3 is 0 Å². The summed E-state index contributed by atoms with van der Waals surface area (Å²) in [5, 5.41) is 0.480. The molecule has 7 heteroatoms. The molecule has 0 aromatic carbocycles. The van der Waals surface area contributed by atoms with Gasteiger partial charge in [0.2, 0.25) is 5.95 Å². The third-order valence-corrected chi connectivity index (χ3v) is 6.11. The van der Waals surface area contributed by atoms with E-state index >= 15 is 0 Å². The standard InChI is InChI=1S/C21H28ClN5O/c1-15(2)6-10-25-13-14-27-17(3-4-18(27)20(25)28)16-7-11-26(12-8-16)21-23-9-5-19(22)24-21/h3-5,9,15-16H,6-8,10-14H2,1-2H3. The second-order valence-electron chi connectivity index (χ2n) is 8.21. The zero-order valence-corrected chi connectivity index (χ0v) is 17.4. The third-order valence-electron chi connectivity index (χ3n) is 5.90. The molecule has 4 rings (SSSR count). The number of nitrogens with zero attached hydrogens (tertiary/aromatic N) is 5. The van der Waals surface area contributed by atoms with Crippen LogP contribution in [0.3, 0.4) is 0 Å². The van der Waals surface area contributed by atoms with Crippen LogP contribution in [0.15, 0.2) is 24.4 Å². The molecule has 1 amide bonds. The number of anilines is 1. The van der Waals surface area contributed by atoms with Gasteiger partial charge in [0.1, 0.15) is 10.8 Å². The molecule has 1 fully saturated rings. The van der Waals surface area contributed by atoms with Gasteiger partial charge < -0.3 is 14.4 Å². The molecular weight excluding hydrogens is 374 g/mol. The van der Waals surface area contributed by atoms with Crippen molar-refractivity contribution in [2.75, 3.05) is 31.1 Å². The zero-order chi connectivity index (χ0) is 19.7. The third kappa shape index (κ3) is 3.88. The van der Waals surface area contributed by atoms with Crippen LogP contribution in [0.5, 0.6) is 0 Å². The predicted molar refractivity (Wildman–Crippen MR) is 111 cm³/mol. The molecule has 0 saturated carbocycles. The first-order valence-electron chi connectivity index (χ1n) is 10.2. The summed E-state index contributed by atoms with van der Waals surface area (Å²) in [7, 11) is 0. The van der Waals surface area contributed by atoms with Gasteiger partial charge in [-0.1, -0.05) is 25.4 Å². The Morgan fingerprint density at radius 3 is 2.64 bits per heavy atom. The van der Waals surface area contributed by atoms with Crippen LogP contribution in [0.4, 0.5) is 5.95 Å². The molecule has 0 atom stereocenters. The molecule has 2 aliphatic rings. The second-order valence-corrected chi connectivity index (χ2v) is 8.60. The number of halogens is 1. The van der Waals surface area contributed by atoms with Crippen LogP contribution >= 0.6 is 11.6 Å². The number of piperidine rings is 1. The van der Waals surface area contributed by atoms with Crippen LogP contribution in [-0.4, -0.2) is 51.5 Å². The molecule has 0 unspecified atom stereocenters. The van der Waals surface area contributed by atoms with E-state index in [9.17, 15) is 4.79 Å². The van der Waals surface area contributed by atoms with E-state index in [0.717, 1.165) is 57.7 Å². The van der Waals surface area contributed by atoms with Crippen molar-refractivity contribution in [1.29, 1.82) is 0 Å². The summed E-state index contributed by atoms with van der Waals surface area (Å²) in [5.41, 5.74) is 2.16. The highest BCUT2D eigenvalue weighted by atomic mass is 35.5. The van der Waals surface area contributed by atoms with E-state index in [1.165, 1.54) is 5.69 Å². The molecule has 1 saturated heterocycles. The van der Waals surface area contributed by atoms with Crippen LogP contribution in [0, 0.1) is 5.92 Å². The molecule has 2 aromatic rings. The van der Waals surface area contributed by atoms with Crippen LogP contribution < -0.4 is 4.90 Å². The number of hydrogen-bond acceptors (Lipinski definition) is 4. The van der Waals surface area contributed by atoms with Crippen molar-refractivity contribution < 1.29 is 4.79 Å². The average Bonchev–Trinajstić information content (AvgIpc) is 3.12. The van der Waals surface area contributed by atoms with Gasteiger partial charge in [-0.15, -0.1) is 0 Å². The first kappa shape index (κ1) is 19.2. The Bertz CT molecular complexity index is 841. The Kier molecular flexibility index (Phi) is 5.58. The molecule has 28 heavy (non-hydrogen) atoms. The lowest BCUT2D eigenvalue weighted by Crippen LogP contribution is -2.42. The zero-order valence-electron chi connectivity index (χ0n) is 16.6. The van der Waals surface area contributed by atoms with Gasteiger partial charge in [-0.2, -0.15) is 0 Å². The van der Waals surface area contributed by atoms with E-state index < -0.39 is 0 Å². The Morgan fingerprint density at radius 1 is 1.14 bits per heavy atom. The lowest BCUT2D eigenvalue weighted by molar-refractivity contribution is 0.0694. The lowest BCUT2D eigenvalue weighted by Gasteiger charge is -2.34. The summed E-state index contributed by atoms with van der Waals surface area (Å²) in [6, 6.07) is 5.88. The van der Waals surface area contributed by atoms with E-state index in [1.54, 1.807) is 12.3 Å². The molecule has 150 valence electrons. The molecule has 0 aliphatic carbocycles. The van der Waals surface area contributed by atoms with Crippen LogP contribution in [0.2, 0.25) is 5.15 Å². The van der Waals surface area contributed by atoms with E-state index in [1.807, 2.05) is 11.0 Å². The van der Waals surface area contributed by atoms with E-state index in [0.29, 0.717) is 22.9 Å². The van der Waals surface area contributed by atoms with Gasteiger partial charge in [-0.05, 0) is 43.4 Å². The molecule has 2 aliphatic heterocycles. The van der Waals surface area contributed by atoms with Crippen molar-refractivity contribution in [3.05, 3.63) is 40.9 Å². The van der Waals surface area contributed by atoms with E-state index in [-0.39, 0.29) is 5.91 Å². The maximum absolute atomic E-state index is 12.9. The minimum atomic E-state index is 0.183. The Morgan fingerprint density at radius 2 is 1.93 bits per heavy atom. The van der Waals surface area contributed by atoms with Gasteiger partial charge in [0.25, 0.3) is 5.91 Å². The molecule has 0 radical (unpaired) electrons. The van der Waals surface area contributed by atoms with Crippen LogP contribution in [0.1, 0.15) is 55.2 Å². The van der Waals surface area contributed by atoms with Crippen molar-refractivity contribution in [3.63, 3.8) is 0 Å². The summed E-state index contributed by atoms with van der Waals surface area (Å²) in [6.07, 6.45) is 4.83. The SMILES string of the molecule is CC(C)CCN1CCn2c(ccc2C2CCN(c3nccc(Cl)n3)CC2)C1=O. The quantitative estimate of drug-likeness (QED) is 0.715. The van der Waals surface area contributed by atoms with Crippen molar-refractivity contribution >= 4 is 23.5 Å². The number of carbonyl (C=O) groups excluding carboxylic acids is 1. The summed E-state index contributed by atoms with van der Waals surface area (Å²) in [4.78, 5) is 25.7. The number of fused-ring (bicyclic) bond motifs is 1. The molecule has 2 aromatic heterocycles. The summed E-state index contributed by atoms with van der Waals surface area (Å²) < 4.78 is 2.25. The van der Waals surface area contributed by atoms with Crippen LogP contribution in [-0.2, 0) is 6.54 Å². The van der Waals surface area contributed by atoms with Crippen molar-refractivity contribution in [3.8, 4) is 0 Å². The molecule has 0 spiro atoms. The largest absolute Gasteiger partial charge is 0.341 e. The maximum atomic E-state index is 12.9. The Hall–Kier alpha value is -2.08. The summed E-state index contributed by atoms with van der Waals surface area (Å²) in [6.45, 7) is 8.79. The monoisotopic (exact) mass is 401 g/mol. The predicted octanol–water partition coefficient (Wildman–Crippen LogP) is 3.82. The minimum Gasteiger partial charge on any atom is -0.341 e. The Labute approximate surface area is 171 Å². The van der Waals surface area contributed by atoms with Gasteiger partial charge in [0.15, 0.2) is 0 Å². The number of hydrogen-bond donors (Lipinski definition) is 0. The fourth-order valence-corrected chi connectivity index (χ4v) is 4.37. The fraction of sp³-hybridized carbons (Fsp3) is 0.571. The number of rotatable bonds is 5. The van der Waals surface area contributed by atoms with Crippen molar-refractivity contribution in [2.45, 2.75) is 45.6 Å². The van der Waals surface area contributed by atoms with Crippen molar-refractivity contribution in [1.82, 2.24) is 19.4 Å². The molecule has 0 N–H and O–H groups in total. The van der Waals surface area contributed by atoms with Crippen LogP contribution in [0.25, 0.3) is 0 Å². The smallest absolute Gasteiger partial charge is 0.270 e. The van der Waals surface area contributed by atoms with E-state index in [2.05, 4.69) is 39.3 Å². The highest BCUT2D eigenvalue weighted by Gasteiger charge is 2.30. The fourth-order valence-electron chi connectivity index (χ4n) is 4.24. The van der Waals surface area contributed by atoms with Gasteiger partial charge in [0, 0.05) is 50.5 Å². The number of amides is 1. The molecule has 4 heterocycles. The molecule has 0 bridgehead atoms. The van der Waals surface area contributed by atoms with Gasteiger partial charge in [-0.3, -0.25) is 4.79 Å². The summed E-state index contributed by atoms with van der Waals surface area (Å²) in [5.74, 6) is 1.98. The first-order valence-corrected chi connectivity index (χ1v) is 10.6. The topological polar surface area (TPSA) is 54.3 Å². The Balaban J connectivity index is 1.42. The van der Waals surface area contributed by atoms with Gasteiger partial charge in [-0.25, -0.2) is 9.97 Å². The van der Waals surface area contributed by atoms with E-state index in [4.69, 9.17) is 11.6 Å². The lowest BCUT2D eigenvalue weighted by atomic mass is 9.93. The number of aromatic nitrogens is 3. The van der Waals surface area contributed by atoms with Crippen molar-refractivity contribution in [2.24, 2.45) is 5.92 Å². The second kappa shape index (κ2) is 8.11. The highest BCUT2D eigenvalue weighted by Crippen LogP contribution is 2.32.